The van der Waals surface area contributed by atoms with Crippen molar-refractivity contribution in [2.24, 2.45) is 0 Å². The summed E-state index contributed by atoms with van der Waals surface area (Å²) in [5.41, 5.74) is 4.10. The monoisotopic (exact) mass is 360 g/mol. The highest BCUT2D eigenvalue weighted by molar-refractivity contribution is 6.91. The number of hydrogen-bond donors (Lipinski definition) is 1. The molecule has 0 bridgehead atoms. The van der Waals surface area contributed by atoms with Crippen LogP contribution in [0.3, 0.4) is 0 Å². The van der Waals surface area contributed by atoms with Gasteiger partial charge in [0.05, 0.1) is 14.6 Å². The topological polar surface area (TPSA) is 37.8 Å². The second-order valence-electron chi connectivity index (χ2n) is 8.01. The van der Waals surface area contributed by atoms with E-state index in [1.165, 1.54) is 5.19 Å². The first-order valence-electron chi connectivity index (χ1n) is 9.06. The van der Waals surface area contributed by atoms with Crippen LogP contribution in [0.1, 0.15) is 11.3 Å². The van der Waals surface area contributed by atoms with E-state index in [2.05, 4.69) is 61.9 Å². The molecule has 4 aromatic rings. The van der Waals surface area contributed by atoms with E-state index in [0.29, 0.717) is 6.54 Å². The number of nitrogens with one attached hydrogen (secondary N) is 1. The third-order valence-corrected chi connectivity index (χ3v) is 7.23. The summed E-state index contributed by atoms with van der Waals surface area (Å²) in [5, 5.41) is 3.67. The van der Waals surface area contributed by atoms with Gasteiger partial charge in [-0.05, 0) is 23.7 Å². The number of pyridine rings is 1. The molecule has 26 heavy (non-hydrogen) atoms. The van der Waals surface area contributed by atoms with Gasteiger partial charge in [-0.25, -0.2) is 0 Å². The van der Waals surface area contributed by atoms with Gasteiger partial charge >= 0.3 is 0 Å². The molecule has 2 aromatic carbocycles. The van der Waals surface area contributed by atoms with Crippen LogP contribution in [0.15, 0.2) is 59.4 Å². The van der Waals surface area contributed by atoms with Crippen molar-refractivity contribution in [1.29, 1.82) is 0 Å². The van der Waals surface area contributed by atoms with Crippen LogP contribution in [-0.4, -0.2) is 17.6 Å². The van der Waals surface area contributed by atoms with E-state index in [1.54, 1.807) is 0 Å². The van der Waals surface area contributed by atoms with Crippen molar-refractivity contribution in [3.05, 3.63) is 76.2 Å². The fraction of sp³-hybridized carbons (Fsp3) is 0.227. The molecule has 2 heterocycles. The highest BCUT2D eigenvalue weighted by atomic mass is 28.3. The lowest BCUT2D eigenvalue weighted by molar-refractivity contribution is 0.741. The Morgan fingerprint density at radius 2 is 1.62 bits per heavy atom. The summed E-state index contributed by atoms with van der Waals surface area (Å²) in [7, 11) is -1.67. The van der Waals surface area contributed by atoms with Crippen LogP contribution in [0, 0.1) is 6.92 Å². The minimum atomic E-state index is -1.67. The molecular formula is C22H24N2OSi. The Kier molecular flexibility index (Phi) is 3.88. The van der Waals surface area contributed by atoms with Crippen LogP contribution >= 0.6 is 0 Å². The second kappa shape index (κ2) is 5.99. The zero-order valence-corrected chi connectivity index (χ0v) is 16.8. The minimum absolute atomic E-state index is 0.0690. The third kappa shape index (κ3) is 2.61. The Balaban J connectivity index is 2.11. The molecular weight excluding hydrogens is 336 g/mol. The summed E-state index contributed by atoms with van der Waals surface area (Å²) in [6.45, 7) is 9.78. The van der Waals surface area contributed by atoms with Crippen LogP contribution in [-0.2, 0) is 6.54 Å². The Hall–Kier alpha value is -2.59. The Morgan fingerprint density at radius 1 is 0.962 bits per heavy atom. The van der Waals surface area contributed by atoms with E-state index in [-0.39, 0.29) is 5.56 Å². The van der Waals surface area contributed by atoms with Crippen LogP contribution in [0.2, 0.25) is 19.6 Å². The molecule has 0 unspecified atom stereocenters. The molecule has 0 aliphatic rings. The van der Waals surface area contributed by atoms with Crippen LogP contribution < -0.4 is 10.7 Å². The van der Waals surface area contributed by atoms with Gasteiger partial charge in [-0.15, -0.1) is 0 Å². The lowest BCUT2D eigenvalue weighted by Crippen LogP contribution is -2.44. The highest BCUT2D eigenvalue weighted by Gasteiger charge is 2.27. The highest BCUT2D eigenvalue weighted by Crippen LogP contribution is 2.25. The molecule has 0 spiro atoms. The molecule has 2 aromatic heterocycles. The Morgan fingerprint density at radius 3 is 2.31 bits per heavy atom. The average Bonchev–Trinajstić information content (AvgIpc) is 2.98. The zero-order chi connectivity index (χ0) is 18.5. The largest absolute Gasteiger partial charge is 0.350 e. The second-order valence-corrected chi connectivity index (χ2v) is 13.0. The van der Waals surface area contributed by atoms with Gasteiger partial charge in [-0.1, -0.05) is 68.2 Å². The normalized spacial score (nSPS) is 12.2. The molecule has 0 atom stereocenters. The molecule has 0 radical (unpaired) electrons. The standard InChI is InChI=1S/C22H24N2OSi/c1-15-21(26(2,3)4)19-17-12-8-9-13-18(17)23-20(19)22(25)24(15)14-16-10-6-5-7-11-16/h5-13,23H,14H2,1-4H3. The summed E-state index contributed by atoms with van der Waals surface area (Å²) in [5.74, 6) is 0. The molecule has 0 aliphatic carbocycles. The lowest BCUT2D eigenvalue weighted by atomic mass is 10.1. The Labute approximate surface area is 154 Å². The van der Waals surface area contributed by atoms with Crippen molar-refractivity contribution in [1.82, 2.24) is 9.55 Å². The van der Waals surface area contributed by atoms with E-state index in [0.717, 1.165) is 33.1 Å². The number of hydrogen-bond acceptors (Lipinski definition) is 1. The van der Waals surface area contributed by atoms with Gasteiger partial charge in [0.1, 0.15) is 5.52 Å². The van der Waals surface area contributed by atoms with Crippen LogP contribution in [0.25, 0.3) is 21.8 Å². The predicted octanol–water partition coefficient (Wildman–Crippen LogP) is 4.38. The van der Waals surface area contributed by atoms with Gasteiger partial charge in [0.2, 0.25) is 0 Å². The van der Waals surface area contributed by atoms with Crippen molar-refractivity contribution in [2.75, 3.05) is 0 Å². The number of benzene rings is 2. The molecule has 0 saturated heterocycles. The molecule has 0 saturated carbocycles. The molecule has 1 N–H and O–H groups in total. The Bertz CT molecular complexity index is 1160. The maximum absolute atomic E-state index is 13.3. The van der Waals surface area contributed by atoms with Gasteiger partial charge in [0.15, 0.2) is 0 Å². The molecule has 0 fully saturated rings. The molecule has 3 nitrogen and oxygen atoms in total. The summed E-state index contributed by atoms with van der Waals surface area (Å²) in [6.07, 6.45) is 0. The quantitative estimate of drug-likeness (QED) is 0.541. The number of fused-ring (bicyclic) bond motifs is 3. The fourth-order valence-electron chi connectivity index (χ4n) is 4.04. The summed E-state index contributed by atoms with van der Waals surface area (Å²) < 4.78 is 1.95. The van der Waals surface area contributed by atoms with E-state index >= 15 is 0 Å². The number of aromatic amines is 1. The molecule has 0 amide bonds. The maximum Gasteiger partial charge on any atom is 0.275 e. The smallest absolute Gasteiger partial charge is 0.275 e. The summed E-state index contributed by atoms with van der Waals surface area (Å²) >= 11 is 0. The summed E-state index contributed by atoms with van der Waals surface area (Å²) in [4.78, 5) is 16.8. The molecule has 0 aliphatic heterocycles. The van der Waals surface area contributed by atoms with E-state index in [1.807, 2.05) is 28.8 Å². The first-order valence-corrected chi connectivity index (χ1v) is 12.6. The first-order chi connectivity index (χ1) is 12.4. The van der Waals surface area contributed by atoms with Crippen molar-refractivity contribution in [3.63, 3.8) is 0 Å². The zero-order valence-electron chi connectivity index (χ0n) is 15.8. The van der Waals surface area contributed by atoms with Crippen LogP contribution in [0.5, 0.6) is 0 Å². The SMILES string of the molecule is Cc1c([Si](C)(C)C)c2c([nH]c3ccccc32)c(=O)n1Cc1ccccc1. The van der Waals surface area contributed by atoms with Gasteiger partial charge < -0.3 is 9.55 Å². The third-order valence-electron chi connectivity index (χ3n) is 5.12. The first kappa shape index (κ1) is 16.9. The van der Waals surface area contributed by atoms with Crippen molar-refractivity contribution in [2.45, 2.75) is 33.1 Å². The summed E-state index contributed by atoms with van der Waals surface area (Å²) in [6, 6.07) is 18.5. The van der Waals surface area contributed by atoms with Gasteiger partial charge in [0, 0.05) is 22.0 Å². The van der Waals surface area contributed by atoms with Crippen LogP contribution in [0.4, 0.5) is 0 Å². The average molecular weight is 361 g/mol. The number of para-hydroxylation sites is 1. The van der Waals surface area contributed by atoms with Gasteiger partial charge in [-0.2, -0.15) is 0 Å². The van der Waals surface area contributed by atoms with Crippen molar-refractivity contribution in [3.8, 4) is 0 Å². The predicted molar refractivity (Wildman–Crippen MR) is 113 cm³/mol. The van der Waals surface area contributed by atoms with Crippen molar-refractivity contribution < 1.29 is 0 Å². The van der Waals surface area contributed by atoms with E-state index in [9.17, 15) is 4.79 Å². The lowest BCUT2D eigenvalue weighted by Gasteiger charge is -2.24. The number of aromatic nitrogens is 2. The van der Waals surface area contributed by atoms with E-state index < -0.39 is 8.07 Å². The minimum Gasteiger partial charge on any atom is -0.350 e. The number of rotatable bonds is 3. The number of H-pyrrole nitrogens is 1. The molecule has 4 heteroatoms. The number of nitrogens with zero attached hydrogens (tertiary/aromatic N) is 1. The molecule has 4 rings (SSSR count). The fourth-order valence-corrected chi connectivity index (χ4v) is 6.27. The van der Waals surface area contributed by atoms with E-state index in [4.69, 9.17) is 0 Å². The van der Waals surface area contributed by atoms with Gasteiger partial charge in [0.25, 0.3) is 5.56 Å². The van der Waals surface area contributed by atoms with Crippen molar-refractivity contribution >= 4 is 35.1 Å². The maximum atomic E-state index is 13.3. The van der Waals surface area contributed by atoms with Gasteiger partial charge in [-0.3, -0.25) is 4.79 Å². The molecule has 132 valence electrons.